The van der Waals surface area contributed by atoms with E-state index >= 15 is 0 Å². The molecular weight excluding hydrogens is 317 g/mol. The Bertz CT molecular complexity index is 553. The molecule has 8 nitrogen and oxygen atoms in total. The first kappa shape index (κ1) is 18.8. The molecule has 5 atom stereocenters. The summed E-state index contributed by atoms with van der Waals surface area (Å²) in [4.78, 5) is 11.4. The lowest BCUT2D eigenvalue weighted by Crippen LogP contribution is -2.64. The van der Waals surface area contributed by atoms with Crippen molar-refractivity contribution >= 4 is 18.5 Å². The molecule has 4 unspecified atom stereocenters. The Balaban J connectivity index is 2.17. The van der Waals surface area contributed by atoms with Gasteiger partial charge in [-0.15, -0.1) is 0 Å². The molecule has 1 aliphatic rings. The van der Waals surface area contributed by atoms with Crippen LogP contribution in [0.1, 0.15) is 12.5 Å². The Morgan fingerprint density at radius 2 is 1.79 bits per heavy atom. The highest BCUT2D eigenvalue weighted by atomic mass is 16.5. The number of aliphatic hydroxyl groups is 3. The lowest BCUT2D eigenvalue weighted by atomic mass is 9.79. The maximum atomic E-state index is 11.4. The molecule has 0 saturated carbocycles. The second-order valence-electron chi connectivity index (χ2n) is 5.92. The summed E-state index contributed by atoms with van der Waals surface area (Å²) in [6, 6.07) is 5.61. The van der Waals surface area contributed by atoms with Crippen LogP contribution in [0.3, 0.4) is 0 Å². The molecular formula is C15H22BNO7. The Morgan fingerprint density at radius 3 is 2.29 bits per heavy atom. The van der Waals surface area contributed by atoms with E-state index in [1.165, 1.54) is 6.92 Å². The SMILES string of the molecule is CC(=O)N[C@@H]1C(Cc2ccc(B(O)O)cc2)OC(CO)C(O)C1O. The van der Waals surface area contributed by atoms with Crippen LogP contribution in [-0.4, -0.2) is 75.5 Å². The van der Waals surface area contributed by atoms with Gasteiger partial charge < -0.3 is 35.4 Å². The predicted octanol–water partition coefficient (Wildman–Crippen LogP) is -3.10. The first-order valence-electron chi connectivity index (χ1n) is 7.68. The van der Waals surface area contributed by atoms with E-state index < -0.39 is 44.2 Å². The molecule has 1 saturated heterocycles. The molecule has 9 heteroatoms. The Morgan fingerprint density at radius 1 is 1.17 bits per heavy atom. The summed E-state index contributed by atoms with van der Waals surface area (Å²) < 4.78 is 5.64. The minimum absolute atomic E-state index is 0.299. The summed E-state index contributed by atoms with van der Waals surface area (Å²) in [5.74, 6) is -0.374. The van der Waals surface area contributed by atoms with Crippen molar-refractivity contribution in [3.63, 3.8) is 0 Å². The largest absolute Gasteiger partial charge is 0.488 e. The van der Waals surface area contributed by atoms with Crippen LogP contribution in [0, 0.1) is 0 Å². The van der Waals surface area contributed by atoms with E-state index in [2.05, 4.69) is 5.32 Å². The number of carbonyl (C=O) groups excluding carboxylic acids is 1. The molecule has 1 heterocycles. The number of carbonyl (C=O) groups is 1. The molecule has 24 heavy (non-hydrogen) atoms. The fourth-order valence-corrected chi connectivity index (χ4v) is 2.84. The summed E-state index contributed by atoms with van der Waals surface area (Å²) in [5.41, 5.74) is 1.12. The van der Waals surface area contributed by atoms with Gasteiger partial charge in [0, 0.05) is 13.3 Å². The number of benzene rings is 1. The lowest BCUT2D eigenvalue weighted by molar-refractivity contribution is -0.194. The average Bonchev–Trinajstić information content (AvgIpc) is 2.54. The number of aliphatic hydroxyl groups excluding tert-OH is 3. The second-order valence-corrected chi connectivity index (χ2v) is 5.92. The van der Waals surface area contributed by atoms with Crippen molar-refractivity contribution in [2.75, 3.05) is 6.61 Å². The van der Waals surface area contributed by atoms with Gasteiger partial charge in [0.2, 0.25) is 5.91 Å². The summed E-state index contributed by atoms with van der Waals surface area (Å²) in [6.45, 7) is 0.836. The van der Waals surface area contributed by atoms with Crippen molar-refractivity contribution in [2.45, 2.75) is 43.8 Å². The zero-order chi connectivity index (χ0) is 17.9. The van der Waals surface area contributed by atoms with E-state index in [1.807, 2.05) is 0 Å². The van der Waals surface area contributed by atoms with Crippen LogP contribution in [0.5, 0.6) is 0 Å². The fraction of sp³-hybridized carbons (Fsp3) is 0.533. The third-order valence-electron chi connectivity index (χ3n) is 4.11. The van der Waals surface area contributed by atoms with Gasteiger partial charge in [-0.05, 0) is 11.0 Å². The summed E-state index contributed by atoms with van der Waals surface area (Å²) in [7, 11) is -1.56. The predicted molar refractivity (Wildman–Crippen MR) is 85.3 cm³/mol. The van der Waals surface area contributed by atoms with Crippen LogP contribution in [-0.2, 0) is 16.0 Å². The number of rotatable bonds is 5. The highest BCUT2D eigenvalue weighted by molar-refractivity contribution is 6.58. The minimum atomic E-state index is -1.56. The maximum Gasteiger partial charge on any atom is 0.488 e. The summed E-state index contributed by atoms with van der Waals surface area (Å²) >= 11 is 0. The molecule has 2 rings (SSSR count). The smallest absolute Gasteiger partial charge is 0.423 e. The van der Waals surface area contributed by atoms with Gasteiger partial charge in [-0.2, -0.15) is 0 Å². The van der Waals surface area contributed by atoms with Crippen molar-refractivity contribution in [3.05, 3.63) is 29.8 Å². The Labute approximate surface area is 139 Å². The van der Waals surface area contributed by atoms with Gasteiger partial charge in [0.25, 0.3) is 0 Å². The van der Waals surface area contributed by atoms with Crippen molar-refractivity contribution < 1.29 is 34.9 Å². The zero-order valence-corrected chi connectivity index (χ0v) is 13.2. The van der Waals surface area contributed by atoms with Gasteiger partial charge in [-0.1, -0.05) is 24.3 Å². The zero-order valence-electron chi connectivity index (χ0n) is 13.2. The van der Waals surface area contributed by atoms with Gasteiger partial charge in [-0.25, -0.2) is 0 Å². The number of hydrogen-bond acceptors (Lipinski definition) is 7. The van der Waals surface area contributed by atoms with Crippen molar-refractivity contribution in [3.8, 4) is 0 Å². The van der Waals surface area contributed by atoms with Crippen LogP contribution in [0.2, 0.25) is 0 Å². The quantitative estimate of drug-likeness (QED) is 0.312. The van der Waals surface area contributed by atoms with Crippen LogP contribution in [0.15, 0.2) is 24.3 Å². The monoisotopic (exact) mass is 339 g/mol. The van der Waals surface area contributed by atoms with Gasteiger partial charge in [0.05, 0.1) is 18.8 Å². The molecule has 1 amide bonds. The van der Waals surface area contributed by atoms with Gasteiger partial charge in [0.1, 0.15) is 18.3 Å². The van der Waals surface area contributed by atoms with Crippen LogP contribution in [0.4, 0.5) is 0 Å². The fourth-order valence-electron chi connectivity index (χ4n) is 2.84. The molecule has 6 N–H and O–H groups in total. The van der Waals surface area contributed by atoms with Crippen LogP contribution < -0.4 is 10.8 Å². The van der Waals surface area contributed by atoms with E-state index in [9.17, 15) is 20.1 Å². The van der Waals surface area contributed by atoms with Crippen LogP contribution >= 0.6 is 0 Å². The first-order valence-corrected chi connectivity index (χ1v) is 7.68. The number of hydrogen-bond donors (Lipinski definition) is 6. The lowest BCUT2D eigenvalue weighted by Gasteiger charge is -2.42. The third-order valence-corrected chi connectivity index (χ3v) is 4.11. The highest BCUT2D eigenvalue weighted by Crippen LogP contribution is 2.24. The summed E-state index contributed by atoms with van der Waals surface area (Å²) in [6.07, 6.45) is -3.89. The van der Waals surface area contributed by atoms with Gasteiger partial charge in [-0.3, -0.25) is 4.79 Å². The molecule has 1 aliphatic heterocycles. The summed E-state index contributed by atoms with van der Waals surface area (Å²) in [5, 5.41) is 50.3. The Kier molecular flexibility index (Phi) is 6.33. The van der Waals surface area contributed by atoms with Crippen molar-refractivity contribution in [2.24, 2.45) is 0 Å². The third kappa shape index (κ3) is 4.32. The van der Waals surface area contributed by atoms with E-state index in [1.54, 1.807) is 24.3 Å². The molecule has 1 aromatic carbocycles. The highest BCUT2D eigenvalue weighted by Gasteiger charge is 2.44. The average molecular weight is 339 g/mol. The first-order chi connectivity index (χ1) is 11.3. The molecule has 0 aliphatic carbocycles. The van der Waals surface area contributed by atoms with Gasteiger partial charge in [0.15, 0.2) is 0 Å². The standard InChI is InChI=1S/C15H22BNO7/c1-8(19)17-13-11(24-12(7-18)14(20)15(13)21)6-9-2-4-10(5-3-9)16(22)23/h2-5,11-15,18,20-23H,6-7H2,1H3,(H,17,19)/t11?,12?,13-,14?,15?/m1/s1. The number of nitrogens with one attached hydrogen (secondary N) is 1. The van der Waals surface area contributed by atoms with Crippen molar-refractivity contribution in [1.82, 2.24) is 5.32 Å². The van der Waals surface area contributed by atoms with E-state index in [0.29, 0.717) is 11.9 Å². The van der Waals surface area contributed by atoms with E-state index in [4.69, 9.17) is 14.8 Å². The molecule has 0 aromatic heterocycles. The Hall–Kier alpha value is -1.49. The van der Waals surface area contributed by atoms with Crippen molar-refractivity contribution in [1.29, 1.82) is 0 Å². The number of amides is 1. The maximum absolute atomic E-state index is 11.4. The minimum Gasteiger partial charge on any atom is -0.423 e. The molecule has 132 valence electrons. The van der Waals surface area contributed by atoms with Gasteiger partial charge >= 0.3 is 7.12 Å². The molecule has 0 bridgehead atoms. The molecule has 1 aromatic rings. The van der Waals surface area contributed by atoms with E-state index in [0.717, 1.165) is 5.56 Å². The molecule has 0 spiro atoms. The molecule has 1 fully saturated rings. The van der Waals surface area contributed by atoms with Crippen LogP contribution in [0.25, 0.3) is 0 Å². The normalized spacial score (nSPS) is 30.0. The molecule has 0 radical (unpaired) electrons. The van der Waals surface area contributed by atoms with E-state index in [-0.39, 0.29) is 5.91 Å². The second kappa shape index (κ2) is 8.06. The topological polar surface area (TPSA) is 139 Å². The number of ether oxygens (including phenoxy) is 1.